The molecule has 4 rings (SSSR count). The smallest absolute Gasteiger partial charge is 0.247 e. The molecule has 0 unspecified atom stereocenters. The predicted molar refractivity (Wildman–Crippen MR) is 101 cm³/mol. The van der Waals surface area contributed by atoms with E-state index in [1.54, 1.807) is 12.1 Å². The molecule has 0 N–H and O–H groups in total. The average molecular weight is 366 g/mol. The highest BCUT2D eigenvalue weighted by Gasteiger charge is 2.20. The van der Waals surface area contributed by atoms with Gasteiger partial charge in [-0.15, -0.1) is 10.2 Å². The zero-order valence-corrected chi connectivity index (χ0v) is 15.4. The van der Waals surface area contributed by atoms with E-state index in [9.17, 15) is 4.39 Å². The van der Waals surface area contributed by atoms with Crippen molar-refractivity contribution in [3.63, 3.8) is 0 Å². The van der Waals surface area contributed by atoms with Crippen LogP contribution in [0.3, 0.4) is 0 Å². The molecule has 1 saturated heterocycles. The van der Waals surface area contributed by atoms with E-state index < -0.39 is 0 Å². The molecule has 0 bridgehead atoms. The lowest BCUT2D eigenvalue weighted by atomic mass is 10.1. The summed E-state index contributed by atoms with van der Waals surface area (Å²) in [5.74, 6) is 0.756. The van der Waals surface area contributed by atoms with Crippen LogP contribution in [0.4, 0.5) is 4.39 Å². The average Bonchev–Trinajstić information content (AvgIpc) is 3.14. The Bertz CT molecular complexity index is 885. The molecule has 1 aliphatic heterocycles. The van der Waals surface area contributed by atoms with Crippen LogP contribution in [0.1, 0.15) is 17.0 Å². The van der Waals surface area contributed by atoms with Gasteiger partial charge in [-0.25, -0.2) is 4.39 Å². The number of aromatic nitrogens is 2. The molecule has 0 spiro atoms. The van der Waals surface area contributed by atoms with Gasteiger partial charge in [0.05, 0.1) is 6.54 Å². The summed E-state index contributed by atoms with van der Waals surface area (Å²) in [5, 5.41) is 8.23. The zero-order valence-electron chi connectivity index (χ0n) is 15.4. The molecular weight excluding hydrogens is 343 g/mol. The highest BCUT2D eigenvalue weighted by atomic mass is 19.1. The van der Waals surface area contributed by atoms with E-state index in [0.29, 0.717) is 18.3 Å². The van der Waals surface area contributed by atoms with E-state index in [-0.39, 0.29) is 5.82 Å². The Hall–Kier alpha value is -2.57. The zero-order chi connectivity index (χ0) is 18.6. The Morgan fingerprint density at radius 3 is 2.26 bits per heavy atom. The molecule has 1 aromatic heterocycles. The predicted octanol–water partition coefficient (Wildman–Crippen LogP) is 3.50. The van der Waals surface area contributed by atoms with Crippen molar-refractivity contribution in [3.05, 3.63) is 71.4 Å². The van der Waals surface area contributed by atoms with E-state index in [1.807, 2.05) is 0 Å². The Morgan fingerprint density at radius 1 is 0.889 bits per heavy atom. The summed E-state index contributed by atoms with van der Waals surface area (Å²) < 4.78 is 18.8. The Labute approximate surface area is 158 Å². The lowest BCUT2D eigenvalue weighted by molar-refractivity contribution is 0.114. The minimum atomic E-state index is -0.276. The molecule has 0 saturated carbocycles. The first kappa shape index (κ1) is 17.8. The van der Waals surface area contributed by atoms with E-state index in [2.05, 4.69) is 51.2 Å². The van der Waals surface area contributed by atoms with Crippen molar-refractivity contribution in [3.8, 4) is 11.5 Å². The first-order chi connectivity index (χ1) is 13.2. The molecule has 0 aliphatic carbocycles. The fourth-order valence-corrected chi connectivity index (χ4v) is 3.35. The maximum atomic E-state index is 13.0. The van der Waals surface area contributed by atoms with Gasteiger partial charge in [0.1, 0.15) is 5.82 Å². The van der Waals surface area contributed by atoms with Crippen molar-refractivity contribution in [2.75, 3.05) is 26.2 Å². The molecule has 6 heteroatoms. The van der Waals surface area contributed by atoms with E-state index in [1.165, 1.54) is 23.3 Å². The van der Waals surface area contributed by atoms with Crippen molar-refractivity contribution in [2.24, 2.45) is 0 Å². The van der Waals surface area contributed by atoms with Gasteiger partial charge in [-0.2, -0.15) is 0 Å². The van der Waals surface area contributed by atoms with Crippen LogP contribution in [0.25, 0.3) is 11.5 Å². The van der Waals surface area contributed by atoms with Gasteiger partial charge in [0.2, 0.25) is 11.8 Å². The molecule has 0 radical (unpaired) electrons. The van der Waals surface area contributed by atoms with E-state index in [0.717, 1.165) is 38.3 Å². The minimum absolute atomic E-state index is 0.276. The Balaban J connectivity index is 1.31. The van der Waals surface area contributed by atoms with Crippen LogP contribution in [-0.4, -0.2) is 46.2 Å². The molecular formula is C21H23FN4O. The van der Waals surface area contributed by atoms with Crippen molar-refractivity contribution in [1.29, 1.82) is 0 Å². The van der Waals surface area contributed by atoms with Gasteiger partial charge < -0.3 is 4.42 Å². The van der Waals surface area contributed by atoms with Crippen LogP contribution in [0.2, 0.25) is 0 Å². The standard InChI is InChI=1S/C21H23FN4O/c1-16-4-2-3-5-18(16)14-25-10-12-26(13-11-25)15-20-23-24-21(27-20)17-6-8-19(22)9-7-17/h2-9H,10-15H2,1H3. The monoisotopic (exact) mass is 366 g/mol. The summed E-state index contributed by atoms with van der Waals surface area (Å²) in [7, 11) is 0. The summed E-state index contributed by atoms with van der Waals surface area (Å²) in [6.07, 6.45) is 0. The second-order valence-electron chi connectivity index (χ2n) is 6.99. The van der Waals surface area contributed by atoms with Crippen LogP contribution < -0.4 is 0 Å². The van der Waals surface area contributed by atoms with Gasteiger partial charge in [-0.3, -0.25) is 9.80 Å². The van der Waals surface area contributed by atoms with Crippen molar-refractivity contribution in [1.82, 2.24) is 20.0 Å². The molecule has 140 valence electrons. The Morgan fingerprint density at radius 2 is 1.56 bits per heavy atom. The van der Waals surface area contributed by atoms with Crippen LogP contribution in [0, 0.1) is 12.7 Å². The SMILES string of the molecule is Cc1ccccc1CN1CCN(Cc2nnc(-c3ccc(F)cc3)o2)CC1. The second kappa shape index (κ2) is 7.98. The first-order valence-electron chi connectivity index (χ1n) is 9.25. The summed E-state index contributed by atoms with van der Waals surface area (Å²) in [6.45, 7) is 7.79. The molecule has 2 aromatic carbocycles. The first-order valence-corrected chi connectivity index (χ1v) is 9.25. The third-order valence-electron chi connectivity index (χ3n) is 5.04. The molecule has 0 amide bonds. The number of aryl methyl sites for hydroxylation is 1. The molecule has 27 heavy (non-hydrogen) atoms. The van der Waals surface area contributed by atoms with Gasteiger partial charge in [0.15, 0.2) is 0 Å². The van der Waals surface area contributed by atoms with E-state index in [4.69, 9.17) is 4.42 Å². The number of rotatable bonds is 5. The highest BCUT2D eigenvalue weighted by molar-refractivity contribution is 5.51. The quantitative estimate of drug-likeness (QED) is 0.692. The number of benzene rings is 2. The number of hydrogen-bond donors (Lipinski definition) is 0. The van der Waals surface area contributed by atoms with Gasteiger partial charge in [0, 0.05) is 38.3 Å². The van der Waals surface area contributed by atoms with Crippen molar-refractivity contribution < 1.29 is 8.81 Å². The number of halogens is 1. The second-order valence-corrected chi connectivity index (χ2v) is 6.99. The normalized spacial score (nSPS) is 15.9. The fourth-order valence-electron chi connectivity index (χ4n) is 3.35. The third-order valence-corrected chi connectivity index (χ3v) is 5.04. The van der Waals surface area contributed by atoms with Gasteiger partial charge >= 0.3 is 0 Å². The maximum Gasteiger partial charge on any atom is 0.247 e. The maximum absolute atomic E-state index is 13.0. The lowest BCUT2D eigenvalue weighted by Gasteiger charge is -2.34. The topological polar surface area (TPSA) is 45.4 Å². The highest BCUT2D eigenvalue weighted by Crippen LogP contribution is 2.19. The minimum Gasteiger partial charge on any atom is -0.419 e. The van der Waals surface area contributed by atoms with Crippen LogP contribution in [0.15, 0.2) is 52.9 Å². The molecule has 1 fully saturated rings. The molecule has 1 aliphatic rings. The summed E-state index contributed by atoms with van der Waals surface area (Å²) in [4.78, 5) is 4.81. The fraction of sp³-hybridized carbons (Fsp3) is 0.333. The molecule has 0 atom stereocenters. The number of hydrogen-bond acceptors (Lipinski definition) is 5. The molecule has 3 aromatic rings. The Kier molecular flexibility index (Phi) is 5.27. The summed E-state index contributed by atoms with van der Waals surface area (Å²) in [6, 6.07) is 14.7. The van der Waals surface area contributed by atoms with Crippen LogP contribution in [0.5, 0.6) is 0 Å². The third kappa shape index (κ3) is 4.40. The number of piperazine rings is 1. The van der Waals surface area contributed by atoms with Crippen LogP contribution >= 0.6 is 0 Å². The molecule has 5 nitrogen and oxygen atoms in total. The van der Waals surface area contributed by atoms with Gasteiger partial charge in [-0.05, 0) is 42.3 Å². The van der Waals surface area contributed by atoms with Crippen LogP contribution in [-0.2, 0) is 13.1 Å². The van der Waals surface area contributed by atoms with E-state index >= 15 is 0 Å². The van der Waals surface area contributed by atoms with Crippen molar-refractivity contribution >= 4 is 0 Å². The summed E-state index contributed by atoms with van der Waals surface area (Å²) in [5.41, 5.74) is 3.48. The summed E-state index contributed by atoms with van der Waals surface area (Å²) >= 11 is 0. The largest absolute Gasteiger partial charge is 0.419 e. The van der Waals surface area contributed by atoms with Gasteiger partial charge in [-0.1, -0.05) is 24.3 Å². The number of nitrogens with zero attached hydrogens (tertiary/aromatic N) is 4. The lowest BCUT2D eigenvalue weighted by Crippen LogP contribution is -2.45. The molecule has 2 heterocycles. The van der Waals surface area contributed by atoms with Gasteiger partial charge in [0.25, 0.3) is 0 Å². The van der Waals surface area contributed by atoms with Crippen molar-refractivity contribution in [2.45, 2.75) is 20.0 Å².